The van der Waals surface area contributed by atoms with Crippen LogP contribution in [0.15, 0.2) is 66.7 Å². The van der Waals surface area contributed by atoms with Gasteiger partial charge in [-0.2, -0.15) is 5.10 Å². The van der Waals surface area contributed by atoms with Gasteiger partial charge in [-0.1, -0.05) is 98.3 Å². The summed E-state index contributed by atoms with van der Waals surface area (Å²) < 4.78 is 2.40. The summed E-state index contributed by atoms with van der Waals surface area (Å²) in [6.45, 7) is 11.8. The first-order valence-electron chi connectivity index (χ1n) is 13.9. The molecule has 0 atom stereocenters. The molecule has 2 aromatic carbocycles. The van der Waals surface area contributed by atoms with E-state index >= 15 is 0 Å². The van der Waals surface area contributed by atoms with Gasteiger partial charge in [0.1, 0.15) is 5.69 Å². The predicted octanol–water partition coefficient (Wildman–Crippen LogP) is 9.42. The Balaban J connectivity index is 1.60. The number of aryl methyl sites for hydroxylation is 1. The summed E-state index contributed by atoms with van der Waals surface area (Å²) in [4.78, 5) is 0. The molecule has 0 bridgehead atoms. The zero-order chi connectivity index (χ0) is 24.6. The van der Waals surface area contributed by atoms with Gasteiger partial charge in [-0.15, -0.1) is 6.58 Å². The van der Waals surface area contributed by atoms with E-state index in [-0.39, 0.29) is 0 Å². The third kappa shape index (κ3) is 6.75. The van der Waals surface area contributed by atoms with Crippen molar-refractivity contribution in [2.45, 2.75) is 91.5 Å². The van der Waals surface area contributed by atoms with Gasteiger partial charge < -0.3 is 0 Å². The number of nitrogens with zero attached hydrogens (tertiary/aromatic N) is 2. The van der Waals surface area contributed by atoms with E-state index in [2.05, 4.69) is 86.6 Å². The van der Waals surface area contributed by atoms with Crippen LogP contribution in [0.4, 0.5) is 0 Å². The van der Waals surface area contributed by atoms with Crippen molar-refractivity contribution >= 4 is 0 Å². The molecule has 1 aromatic heterocycles. The summed E-state index contributed by atoms with van der Waals surface area (Å²) in [7, 11) is 0. The van der Waals surface area contributed by atoms with Gasteiger partial charge in [0, 0.05) is 23.4 Å². The van der Waals surface area contributed by atoms with Crippen LogP contribution in [0.5, 0.6) is 0 Å². The van der Waals surface area contributed by atoms with Gasteiger partial charge in [-0.3, -0.25) is 4.68 Å². The fourth-order valence-corrected chi connectivity index (χ4v) is 5.79. The third-order valence-electron chi connectivity index (χ3n) is 7.79. The third-order valence-corrected chi connectivity index (χ3v) is 7.79. The van der Waals surface area contributed by atoms with E-state index in [1.807, 2.05) is 0 Å². The summed E-state index contributed by atoms with van der Waals surface area (Å²) in [6.07, 6.45) is 12.8. The monoisotopic (exact) mass is 468 g/mol. The maximum Gasteiger partial charge on any atom is 0.100 e. The lowest BCUT2D eigenvalue weighted by atomic mass is 9.79. The lowest BCUT2D eigenvalue weighted by Gasteiger charge is -2.29. The van der Waals surface area contributed by atoms with Crippen LogP contribution in [0, 0.1) is 18.8 Å². The van der Waals surface area contributed by atoms with Crippen molar-refractivity contribution in [1.29, 1.82) is 0 Å². The minimum atomic E-state index is 0.738. The summed E-state index contributed by atoms with van der Waals surface area (Å²) in [5, 5.41) is 5.33. The molecule has 35 heavy (non-hydrogen) atoms. The van der Waals surface area contributed by atoms with Crippen molar-refractivity contribution in [3.63, 3.8) is 0 Å². The topological polar surface area (TPSA) is 17.8 Å². The van der Waals surface area contributed by atoms with Crippen molar-refractivity contribution in [1.82, 2.24) is 9.78 Å². The Bertz CT molecular complexity index is 1080. The number of rotatable bonds is 11. The smallest absolute Gasteiger partial charge is 0.100 e. The van der Waals surface area contributed by atoms with Gasteiger partial charge in [-0.05, 0) is 69.8 Å². The lowest BCUT2D eigenvalue weighted by Crippen LogP contribution is -2.21. The van der Waals surface area contributed by atoms with Gasteiger partial charge in [0.05, 0.1) is 0 Å². The number of allylic oxidation sites excluding steroid dienone is 1. The largest absolute Gasteiger partial charge is 0.268 e. The Hall–Kier alpha value is -2.61. The Morgan fingerprint density at radius 2 is 1.66 bits per heavy atom. The fraction of sp³-hybridized carbons (Fsp3) is 0.485. The first-order chi connectivity index (χ1) is 17.0. The molecule has 186 valence electrons. The second-order valence-corrected chi connectivity index (χ2v) is 10.9. The van der Waals surface area contributed by atoms with E-state index in [0.29, 0.717) is 0 Å². The van der Waals surface area contributed by atoms with E-state index in [1.165, 1.54) is 91.3 Å². The highest BCUT2D eigenvalue weighted by Gasteiger charge is 2.25. The zero-order valence-electron chi connectivity index (χ0n) is 22.2. The molecule has 2 heteroatoms. The summed E-state index contributed by atoms with van der Waals surface area (Å²) in [5.41, 5.74) is 9.10. The second-order valence-electron chi connectivity index (χ2n) is 10.9. The minimum absolute atomic E-state index is 0.738. The average Bonchev–Trinajstić information content (AvgIpc) is 3.22. The molecule has 0 saturated heterocycles. The fourth-order valence-electron chi connectivity index (χ4n) is 5.79. The van der Waals surface area contributed by atoms with Crippen LogP contribution in [-0.4, -0.2) is 9.78 Å². The molecule has 1 heterocycles. The lowest BCUT2D eigenvalue weighted by molar-refractivity contribution is 0.233. The van der Waals surface area contributed by atoms with Gasteiger partial charge in [0.25, 0.3) is 0 Å². The molecule has 0 N–H and O–H groups in total. The van der Waals surface area contributed by atoms with Crippen LogP contribution in [0.3, 0.4) is 0 Å². The maximum absolute atomic E-state index is 5.33. The van der Waals surface area contributed by atoms with Crippen molar-refractivity contribution in [3.8, 4) is 22.4 Å². The van der Waals surface area contributed by atoms with E-state index in [1.54, 1.807) is 0 Å². The molecule has 1 fully saturated rings. The number of hydrogen-bond donors (Lipinski definition) is 0. The first kappa shape index (κ1) is 25.5. The SMILES string of the molecule is C=C(C)CCCC1CCC(Cn2nc(-c3ccccc3)c(-c3cccc(C)c3)c2CCCC)CC1. The van der Waals surface area contributed by atoms with Crippen molar-refractivity contribution < 1.29 is 0 Å². The molecule has 1 aliphatic carbocycles. The van der Waals surface area contributed by atoms with Crippen LogP contribution >= 0.6 is 0 Å². The van der Waals surface area contributed by atoms with Crippen molar-refractivity contribution in [3.05, 3.63) is 78.0 Å². The number of benzene rings is 2. The molecule has 0 unspecified atom stereocenters. The van der Waals surface area contributed by atoms with Crippen LogP contribution in [0.2, 0.25) is 0 Å². The molecule has 1 saturated carbocycles. The maximum atomic E-state index is 5.33. The Morgan fingerprint density at radius 1 is 0.943 bits per heavy atom. The number of hydrogen-bond acceptors (Lipinski definition) is 1. The van der Waals surface area contributed by atoms with Gasteiger partial charge in [0.15, 0.2) is 0 Å². The highest BCUT2D eigenvalue weighted by Crippen LogP contribution is 2.38. The Morgan fingerprint density at radius 3 is 2.34 bits per heavy atom. The van der Waals surface area contributed by atoms with Crippen LogP contribution in [0.1, 0.15) is 82.9 Å². The minimum Gasteiger partial charge on any atom is -0.268 e. The summed E-state index contributed by atoms with van der Waals surface area (Å²) in [6, 6.07) is 19.8. The molecule has 1 aliphatic rings. The molecule has 0 amide bonds. The van der Waals surface area contributed by atoms with Crippen LogP contribution in [-0.2, 0) is 13.0 Å². The number of aromatic nitrogens is 2. The highest BCUT2D eigenvalue weighted by molar-refractivity contribution is 5.83. The predicted molar refractivity (Wildman–Crippen MR) is 151 cm³/mol. The van der Waals surface area contributed by atoms with Crippen LogP contribution in [0.25, 0.3) is 22.4 Å². The molecule has 4 rings (SSSR count). The van der Waals surface area contributed by atoms with E-state index in [4.69, 9.17) is 5.10 Å². The molecule has 3 aromatic rings. The number of unbranched alkanes of at least 4 members (excludes halogenated alkanes) is 1. The summed E-state index contributed by atoms with van der Waals surface area (Å²) >= 11 is 0. The van der Waals surface area contributed by atoms with Crippen LogP contribution < -0.4 is 0 Å². The zero-order valence-corrected chi connectivity index (χ0v) is 22.2. The standard InChI is InChI=1S/C33H44N2/c1-5-6-18-31-32(30-17-11-13-26(4)23-30)33(29-15-8-7-9-16-29)34-35(31)24-28-21-19-27(20-22-28)14-10-12-25(2)3/h7-9,11,13,15-17,23,27-28H,2,5-6,10,12,14,18-22,24H2,1,3-4H3. The quantitative estimate of drug-likeness (QED) is 0.256. The van der Waals surface area contributed by atoms with Gasteiger partial charge in [-0.25, -0.2) is 0 Å². The molecule has 0 radical (unpaired) electrons. The van der Waals surface area contributed by atoms with E-state index in [0.717, 1.165) is 30.5 Å². The molecular formula is C33H44N2. The van der Waals surface area contributed by atoms with Gasteiger partial charge in [0.2, 0.25) is 0 Å². The Kier molecular flexibility index (Phi) is 9.01. The molecular weight excluding hydrogens is 424 g/mol. The first-order valence-corrected chi connectivity index (χ1v) is 13.9. The molecule has 0 spiro atoms. The van der Waals surface area contributed by atoms with Gasteiger partial charge >= 0.3 is 0 Å². The van der Waals surface area contributed by atoms with E-state index in [9.17, 15) is 0 Å². The Labute approximate surface area is 213 Å². The second kappa shape index (κ2) is 12.4. The van der Waals surface area contributed by atoms with E-state index < -0.39 is 0 Å². The molecule has 0 aliphatic heterocycles. The normalized spacial score (nSPS) is 18.0. The average molecular weight is 469 g/mol. The molecule has 2 nitrogen and oxygen atoms in total. The van der Waals surface area contributed by atoms with Crippen molar-refractivity contribution in [2.75, 3.05) is 0 Å². The van der Waals surface area contributed by atoms with Crippen molar-refractivity contribution in [2.24, 2.45) is 11.8 Å². The summed E-state index contributed by atoms with van der Waals surface area (Å²) in [5.74, 6) is 1.65. The highest BCUT2D eigenvalue weighted by atomic mass is 15.3.